The second-order valence-corrected chi connectivity index (χ2v) is 4.78. The maximum absolute atomic E-state index is 11.5. The van der Waals surface area contributed by atoms with E-state index in [0.717, 1.165) is 12.3 Å². The quantitative estimate of drug-likeness (QED) is 0.615. The first kappa shape index (κ1) is 12.7. The van der Waals surface area contributed by atoms with Crippen LogP contribution in [0.1, 0.15) is 53.9 Å². The van der Waals surface area contributed by atoms with E-state index in [2.05, 4.69) is 20.8 Å². The lowest BCUT2D eigenvalue weighted by Crippen LogP contribution is -2.17. The van der Waals surface area contributed by atoms with Gasteiger partial charge >= 0.3 is 0 Å². The van der Waals surface area contributed by atoms with Crippen molar-refractivity contribution in [3.05, 3.63) is 0 Å². The van der Waals surface area contributed by atoms with Crippen LogP contribution < -0.4 is 0 Å². The molecule has 0 aliphatic heterocycles. The molecule has 0 saturated carbocycles. The van der Waals surface area contributed by atoms with Crippen LogP contribution >= 0.6 is 0 Å². The standard InChI is InChI=1S/C12H24O/c1-9(2)7-6-8-11(5)12(13)10(3)4/h9-11H,6-8H2,1-5H3/t11-/m1/s1. The van der Waals surface area contributed by atoms with Gasteiger partial charge in [-0.1, -0.05) is 47.5 Å². The Morgan fingerprint density at radius 2 is 1.54 bits per heavy atom. The van der Waals surface area contributed by atoms with Crippen LogP contribution in [0, 0.1) is 17.8 Å². The summed E-state index contributed by atoms with van der Waals surface area (Å²) in [6.07, 6.45) is 3.50. The molecule has 0 rings (SSSR count). The molecule has 0 fully saturated rings. The predicted octanol–water partition coefficient (Wildman–Crippen LogP) is 3.67. The molecule has 1 nitrogen and oxygen atoms in total. The maximum Gasteiger partial charge on any atom is 0.138 e. The summed E-state index contributed by atoms with van der Waals surface area (Å²) in [6, 6.07) is 0. The number of ketones is 1. The van der Waals surface area contributed by atoms with Gasteiger partial charge in [0.05, 0.1) is 0 Å². The third kappa shape index (κ3) is 5.84. The van der Waals surface area contributed by atoms with E-state index in [0.29, 0.717) is 5.78 Å². The molecule has 78 valence electrons. The molecule has 0 heterocycles. The van der Waals surface area contributed by atoms with E-state index in [4.69, 9.17) is 0 Å². The number of Topliss-reactive ketones (excluding diaryl/α,β-unsaturated/α-hetero) is 1. The molecule has 0 bridgehead atoms. The second-order valence-electron chi connectivity index (χ2n) is 4.78. The Morgan fingerprint density at radius 1 is 1.00 bits per heavy atom. The first-order chi connectivity index (χ1) is 5.95. The van der Waals surface area contributed by atoms with Crippen LogP contribution in [0.25, 0.3) is 0 Å². The molecule has 0 amide bonds. The van der Waals surface area contributed by atoms with Crippen LogP contribution in [0.3, 0.4) is 0 Å². The third-order valence-corrected chi connectivity index (χ3v) is 2.47. The first-order valence-electron chi connectivity index (χ1n) is 5.48. The molecule has 0 N–H and O–H groups in total. The van der Waals surface area contributed by atoms with Gasteiger partial charge in [-0.2, -0.15) is 0 Å². The maximum atomic E-state index is 11.5. The fourth-order valence-electron chi connectivity index (χ4n) is 1.54. The fourth-order valence-corrected chi connectivity index (χ4v) is 1.54. The Balaban J connectivity index is 3.62. The highest BCUT2D eigenvalue weighted by atomic mass is 16.1. The van der Waals surface area contributed by atoms with Crippen LogP contribution in [-0.2, 0) is 4.79 Å². The van der Waals surface area contributed by atoms with Crippen LogP contribution in [0.5, 0.6) is 0 Å². The van der Waals surface area contributed by atoms with E-state index in [1.165, 1.54) is 12.8 Å². The summed E-state index contributed by atoms with van der Waals surface area (Å²) in [6.45, 7) is 10.5. The van der Waals surface area contributed by atoms with Crippen molar-refractivity contribution >= 4 is 5.78 Å². The zero-order valence-corrected chi connectivity index (χ0v) is 9.76. The summed E-state index contributed by atoms with van der Waals surface area (Å²) in [4.78, 5) is 11.5. The SMILES string of the molecule is CC(C)CCC[C@@H](C)C(=O)C(C)C. The van der Waals surface area contributed by atoms with Crippen molar-refractivity contribution in [1.82, 2.24) is 0 Å². The Hall–Kier alpha value is -0.330. The average molecular weight is 184 g/mol. The first-order valence-corrected chi connectivity index (χ1v) is 5.48. The number of hydrogen-bond donors (Lipinski definition) is 0. The molecule has 0 saturated heterocycles. The molecule has 0 aliphatic rings. The van der Waals surface area contributed by atoms with Gasteiger partial charge in [-0.15, -0.1) is 0 Å². The summed E-state index contributed by atoms with van der Waals surface area (Å²) in [5, 5.41) is 0. The van der Waals surface area contributed by atoms with Gasteiger partial charge in [0.2, 0.25) is 0 Å². The lowest BCUT2D eigenvalue weighted by molar-refractivity contribution is -0.125. The highest BCUT2D eigenvalue weighted by Crippen LogP contribution is 2.16. The second kappa shape index (κ2) is 6.17. The Labute approximate surface area is 82.9 Å². The largest absolute Gasteiger partial charge is 0.299 e. The predicted molar refractivity (Wildman–Crippen MR) is 57.7 cm³/mol. The molecule has 1 atom stereocenters. The lowest BCUT2D eigenvalue weighted by Gasteiger charge is -2.13. The molecule has 0 aromatic carbocycles. The summed E-state index contributed by atoms with van der Waals surface area (Å²) in [5.74, 6) is 1.65. The van der Waals surface area contributed by atoms with Crippen molar-refractivity contribution in [3.63, 3.8) is 0 Å². The molecule has 0 spiro atoms. The molecular formula is C12H24O. The van der Waals surface area contributed by atoms with Crippen molar-refractivity contribution in [1.29, 1.82) is 0 Å². The molecule has 13 heavy (non-hydrogen) atoms. The summed E-state index contributed by atoms with van der Waals surface area (Å²) >= 11 is 0. The van der Waals surface area contributed by atoms with Gasteiger partial charge in [0.25, 0.3) is 0 Å². The number of carbonyl (C=O) groups excluding carboxylic acids is 1. The molecule has 1 heteroatoms. The average Bonchev–Trinajstić information content (AvgIpc) is 2.02. The van der Waals surface area contributed by atoms with Crippen LogP contribution in [0.2, 0.25) is 0 Å². The molecule has 0 radical (unpaired) electrons. The Morgan fingerprint density at radius 3 is 1.92 bits per heavy atom. The van der Waals surface area contributed by atoms with Crippen LogP contribution in [-0.4, -0.2) is 5.78 Å². The van der Waals surface area contributed by atoms with Gasteiger partial charge in [-0.05, 0) is 12.3 Å². The molecule has 0 aliphatic carbocycles. The minimum absolute atomic E-state index is 0.203. The monoisotopic (exact) mass is 184 g/mol. The van der Waals surface area contributed by atoms with Gasteiger partial charge in [0.15, 0.2) is 0 Å². The van der Waals surface area contributed by atoms with Crippen molar-refractivity contribution in [2.75, 3.05) is 0 Å². The van der Waals surface area contributed by atoms with E-state index < -0.39 is 0 Å². The minimum atomic E-state index is 0.203. The summed E-state index contributed by atoms with van der Waals surface area (Å²) in [5.41, 5.74) is 0. The van der Waals surface area contributed by atoms with Crippen molar-refractivity contribution in [3.8, 4) is 0 Å². The molecule has 0 unspecified atom stereocenters. The van der Waals surface area contributed by atoms with E-state index in [-0.39, 0.29) is 11.8 Å². The third-order valence-electron chi connectivity index (χ3n) is 2.47. The number of rotatable bonds is 6. The topological polar surface area (TPSA) is 17.1 Å². The molecular weight excluding hydrogens is 160 g/mol. The summed E-state index contributed by atoms with van der Waals surface area (Å²) in [7, 11) is 0. The Bertz CT molecular complexity index is 147. The highest BCUT2D eigenvalue weighted by molar-refractivity contribution is 5.82. The van der Waals surface area contributed by atoms with E-state index in [1.807, 2.05) is 13.8 Å². The molecule has 0 aromatic rings. The smallest absolute Gasteiger partial charge is 0.138 e. The van der Waals surface area contributed by atoms with Gasteiger partial charge in [-0.3, -0.25) is 4.79 Å². The number of carbonyl (C=O) groups is 1. The normalized spacial score (nSPS) is 13.8. The van der Waals surface area contributed by atoms with Gasteiger partial charge in [0, 0.05) is 11.8 Å². The van der Waals surface area contributed by atoms with E-state index >= 15 is 0 Å². The lowest BCUT2D eigenvalue weighted by atomic mass is 9.91. The van der Waals surface area contributed by atoms with Crippen molar-refractivity contribution in [2.24, 2.45) is 17.8 Å². The summed E-state index contributed by atoms with van der Waals surface area (Å²) < 4.78 is 0. The minimum Gasteiger partial charge on any atom is -0.299 e. The fraction of sp³-hybridized carbons (Fsp3) is 0.917. The van der Waals surface area contributed by atoms with E-state index in [9.17, 15) is 4.79 Å². The number of hydrogen-bond acceptors (Lipinski definition) is 1. The van der Waals surface area contributed by atoms with Gasteiger partial charge < -0.3 is 0 Å². The van der Waals surface area contributed by atoms with Gasteiger partial charge in [-0.25, -0.2) is 0 Å². The van der Waals surface area contributed by atoms with Crippen LogP contribution in [0.4, 0.5) is 0 Å². The van der Waals surface area contributed by atoms with Crippen molar-refractivity contribution < 1.29 is 4.79 Å². The zero-order valence-electron chi connectivity index (χ0n) is 9.76. The van der Waals surface area contributed by atoms with Crippen molar-refractivity contribution in [2.45, 2.75) is 53.9 Å². The molecule has 0 aromatic heterocycles. The highest BCUT2D eigenvalue weighted by Gasteiger charge is 2.15. The van der Waals surface area contributed by atoms with Crippen LogP contribution in [0.15, 0.2) is 0 Å². The Kier molecular flexibility index (Phi) is 6.02. The zero-order chi connectivity index (χ0) is 10.4. The van der Waals surface area contributed by atoms with Gasteiger partial charge in [0.1, 0.15) is 5.78 Å². The van der Waals surface area contributed by atoms with E-state index in [1.54, 1.807) is 0 Å².